The Hall–Kier alpha value is -2.61. The number of benzene rings is 1. The smallest absolute Gasteiger partial charge is 0.338 e. The number of carbonyl (C=O) groups is 2. The van der Waals surface area contributed by atoms with Gasteiger partial charge < -0.3 is 15.0 Å². The van der Waals surface area contributed by atoms with Crippen LogP contribution in [0.3, 0.4) is 0 Å². The molecule has 2 N–H and O–H groups in total. The average molecular weight is 387 g/mol. The maximum Gasteiger partial charge on any atom is 0.338 e. The molecule has 0 unspecified atom stereocenters. The Morgan fingerprint density at radius 1 is 1.33 bits per heavy atom. The lowest BCUT2D eigenvalue weighted by Gasteiger charge is -2.08. The number of esters is 1. The van der Waals surface area contributed by atoms with Crippen molar-refractivity contribution in [3.8, 4) is 0 Å². The number of anilines is 1. The van der Waals surface area contributed by atoms with Gasteiger partial charge in [0.05, 0.1) is 23.6 Å². The number of aryl methyl sites for hydroxylation is 1. The normalized spacial score (nSPS) is 12.5. The van der Waals surface area contributed by atoms with Crippen molar-refractivity contribution in [2.24, 2.45) is 0 Å². The number of carbonyl (C=O) groups excluding carboxylic acids is 2. The number of amides is 1. The van der Waals surface area contributed by atoms with Gasteiger partial charge in [0.1, 0.15) is 0 Å². The first-order valence-corrected chi connectivity index (χ1v) is 9.87. The van der Waals surface area contributed by atoms with Gasteiger partial charge in [-0.2, -0.15) is 0 Å². The molecule has 142 valence electrons. The second kappa shape index (κ2) is 8.85. The van der Waals surface area contributed by atoms with Crippen LogP contribution in [-0.4, -0.2) is 34.2 Å². The van der Waals surface area contributed by atoms with Gasteiger partial charge in [0.2, 0.25) is 5.91 Å². The standard InChI is InChI=1S/C19H21N3O4S/c1-2-9-26-18(25)12-5-3-6-13(10-12)20-16(23)11-27-19-21-15-8-4-7-14(15)17(24)22-19/h3,5-6,10H,2,4,7-9,11H2,1H3,(H,20,23)(H,21,22,24). The largest absolute Gasteiger partial charge is 0.462 e. The molecule has 0 radical (unpaired) electrons. The zero-order chi connectivity index (χ0) is 19.2. The highest BCUT2D eigenvalue weighted by atomic mass is 32.2. The Kier molecular flexibility index (Phi) is 6.28. The molecule has 1 aliphatic carbocycles. The van der Waals surface area contributed by atoms with Crippen molar-refractivity contribution in [1.29, 1.82) is 0 Å². The van der Waals surface area contributed by atoms with E-state index in [9.17, 15) is 14.4 Å². The van der Waals surface area contributed by atoms with Gasteiger partial charge in [-0.1, -0.05) is 24.8 Å². The second-order valence-corrected chi connectivity index (χ2v) is 7.17. The third-order valence-electron chi connectivity index (χ3n) is 4.08. The lowest BCUT2D eigenvalue weighted by molar-refractivity contribution is -0.113. The highest BCUT2D eigenvalue weighted by Crippen LogP contribution is 2.20. The maximum absolute atomic E-state index is 12.2. The Bertz CT molecular complexity index is 910. The van der Waals surface area contributed by atoms with Gasteiger partial charge >= 0.3 is 5.97 Å². The van der Waals surface area contributed by atoms with Crippen LogP contribution >= 0.6 is 11.8 Å². The quantitative estimate of drug-likeness (QED) is 0.430. The van der Waals surface area contributed by atoms with Gasteiger partial charge in [0.25, 0.3) is 5.56 Å². The molecule has 27 heavy (non-hydrogen) atoms. The zero-order valence-electron chi connectivity index (χ0n) is 15.0. The Balaban J connectivity index is 1.58. The fourth-order valence-corrected chi connectivity index (χ4v) is 3.50. The topological polar surface area (TPSA) is 101 Å². The minimum absolute atomic E-state index is 0.103. The monoisotopic (exact) mass is 387 g/mol. The average Bonchev–Trinajstić information content (AvgIpc) is 3.14. The van der Waals surface area contributed by atoms with Gasteiger partial charge in [-0.05, 0) is 43.9 Å². The van der Waals surface area contributed by atoms with Crippen molar-refractivity contribution < 1.29 is 14.3 Å². The van der Waals surface area contributed by atoms with Crippen LogP contribution in [0.5, 0.6) is 0 Å². The van der Waals surface area contributed by atoms with Crippen LogP contribution in [0.25, 0.3) is 0 Å². The molecule has 0 bridgehead atoms. The summed E-state index contributed by atoms with van der Waals surface area (Å²) in [6.45, 7) is 2.28. The van der Waals surface area contributed by atoms with E-state index in [-0.39, 0.29) is 17.2 Å². The van der Waals surface area contributed by atoms with Crippen molar-refractivity contribution in [1.82, 2.24) is 9.97 Å². The zero-order valence-corrected chi connectivity index (χ0v) is 15.9. The minimum atomic E-state index is -0.415. The molecule has 0 saturated carbocycles. The molecule has 0 atom stereocenters. The summed E-state index contributed by atoms with van der Waals surface area (Å²) in [5.41, 5.74) is 2.38. The summed E-state index contributed by atoms with van der Waals surface area (Å²) in [5.74, 6) is -0.559. The van der Waals surface area contributed by atoms with E-state index >= 15 is 0 Å². The van der Waals surface area contributed by atoms with Crippen LogP contribution in [0.15, 0.2) is 34.2 Å². The molecule has 1 amide bonds. The van der Waals surface area contributed by atoms with Crippen molar-refractivity contribution in [3.63, 3.8) is 0 Å². The van der Waals surface area contributed by atoms with E-state index in [4.69, 9.17) is 4.74 Å². The van der Waals surface area contributed by atoms with E-state index in [2.05, 4.69) is 15.3 Å². The van der Waals surface area contributed by atoms with Gasteiger partial charge in [0, 0.05) is 11.3 Å². The van der Waals surface area contributed by atoms with Crippen LogP contribution in [0.2, 0.25) is 0 Å². The number of aromatic amines is 1. The highest BCUT2D eigenvalue weighted by molar-refractivity contribution is 7.99. The molecule has 1 aliphatic rings. The summed E-state index contributed by atoms with van der Waals surface area (Å²) in [4.78, 5) is 43.2. The van der Waals surface area contributed by atoms with E-state index in [1.807, 2.05) is 6.92 Å². The molecule has 1 aromatic heterocycles. The predicted molar refractivity (Wildman–Crippen MR) is 103 cm³/mol. The molecule has 1 aromatic carbocycles. The lowest BCUT2D eigenvalue weighted by Crippen LogP contribution is -2.17. The number of fused-ring (bicyclic) bond motifs is 1. The van der Waals surface area contributed by atoms with E-state index in [1.165, 1.54) is 11.8 Å². The van der Waals surface area contributed by atoms with Crippen LogP contribution in [0.1, 0.15) is 41.4 Å². The number of nitrogens with zero attached hydrogens (tertiary/aromatic N) is 1. The van der Waals surface area contributed by atoms with E-state index in [0.29, 0.717) is 23.0 Å². The predicted octanol–water partition coefficient (Wildman–Crippen LogP) is 2.56. The number of rotatable bonds is 7. The third-order valence-corrected chi connectivity index (χ3v) is 4.95. The summed E-state index contributed by atoms with van der Waals surface area (Å²) >= 11 is 1.18. The fourth-order valence-electron chi connectivity index (χ4n) is 2.82. The molecule has 3 rings (SSSR count). The SMILES string of the molecule is CCCOC(=O)c1cccc(NC(=O)CSc2nc3c(c(=O)[nH]2)CCC3)c1. The maximum atomic E-state index is 12.2. The molecule has 0 fully saturated rings. The first-order valence-electron chi connectivity index (χ1n) is 8.88. The molecule has 0 saturated heterocycles. The number of hydrogen-bond donors (Lipinski definition) is 2. The first-order chi connectivity index (χ1) is 13.1. The van der Waals surface area contributed by atoms with Crippen LogP contribution in [-0.2, 0) is 22.4 Å². The number of nitrogens with one attached hydrogen (secondary N) is 2. The Labute approximate surface area is 160 Å². The molecule has 0 aliphatic heterocycles. The molecule has 7 nitrogen and oxygen atoms in total. The number of ether oxygens (including phenoxy) is 1. The number of hydrogen-bond acceptors (Lipinski definition) is 6. The van der Waals surface area contributed by atoms with Gasteiger partial charge in [-0.25, -0.2) is 9.78 Å². The van der Waals surface area contributed by atoms with Crippen molar-refractivity contribution in [3.05, 3.63) is 51.4 Å². The van der Waals surface area contributed by atoms with Gasteiger partial charge in [-0.3, -0.25) is 9.59 Å². The first kappa shape index (κ1) is 19.2. The number of thioether (sulfide) groups is 1. The van der Waals surface area contributed by atoms with E-state index in [0.717, 1.165) is 36.9 Å². The van der Waals surface area contributed by atoms with Gasteiger partial charge in [-0.15, -0.1) is 0 Å². The van der Waals surface area contributed by atoms with Gasteiger partial charge in [0.15, 0.2) is 5.16 Å². The molecule has 1 heterocycles. The Morgan fingerprint density at radius 3 is 3.00 bits per heavy atom. The summed E-state index contributed by atoms with van der Waals surface area (Å²) < 4.78 is 5.09. The molecule has 8 heteroatoms. The fraction of sp³-hybridized carbons (Fsp3) is 0.368. The second-order valence-electron chi connectivity index (χ2n) is 6.20. The lowest BCUT2D eigenvalue weighted by atomic mass is 10.2. The van der Waals surface area contributed by atoms with Crippen LogP contribution in [0.4, 0.5) is 5.69 Å². The van der Waals surface area contributed by atoms with E-state index in [1.54, 1.807) is 24.3 Å². The molecule has 2 aromatic rings. The highest BCUT2D eigenvalue weighted by Gasteiger charge is 2.17. The summed E-state index contributed by atoms with van der Waals surface area (Å²) in [6, 6.07) is 6.61. The van der Waals surface area contributed by atoms with E-state index < -0.39 is 5.97 Å². The molecular formula is C19H21N3O4S. The summed E-state index contributed by atoms with van der Waals surface area (Å²) in [5, 5.41) is 3.19. The number of aromatic nitrogens is 2. The summed E-state index contributed by atoms with van der Waals surface area (Å²) in [7, 11) is 0. The third kappa shape index (κ3) is 4.97. The van der Waals surface area contributed by atoms with Crippen molar-refractivity contribution in [2.45, 2.75) is 37.8 Å². The van der Waals surface area contributed by atoms with Crippen molar-refractivity contribution >= 4 is 29.3 Å². The molecular weight excluding hydrogens is 366 g/mol. The number of H-pyrrole nitrogens is 1. The Morgan fingerprint density at radius 2 is 2.19 bits per heavy atom. The summed E-state index contributed by atoms with van der Waals surface area (Å²) in [6.07, 6.45) is 3.26. The molecule has 0 spiro atoms. The van der Waals surface area contributed by atoms with Crippen molar-refractivity contribution in [2.75, 3.05) is 17.7 Å². The minimum Gasteiger partial charge on any atom is -0.462 e. The van der Waals surface area contributed by atoms with Crippen LogP contribution in [0, 0.1) is 0 Å². The van der Waals surface area contributed by atoms with Crippen LogP contribution < -0.4 is 10.9 Å².